The highest BCUT2D eigenvalue weighted by atomic mass is 16.2. The summed E-state index contributed by atoms with van der Waals surface area (Å²) in [4.78, 5) is 29.5. The average Bonchev–Trinajstić information content (AvgIpc) is 2.70. The minimum atomic E-state index is -0.409. The van der Waals surface area contributed by atoms with E-state index in [1.165, 1.54) is 0 Å². The van der Waals surface area contributed by atoms with Crippen molar-refractivity contribution < 1.29 is 9.59 Å². The SMILES string of the molecule is Cc1ccc(NC(=O)C(=Cc2cccnc2)NC(=O)c2ccc(C)cc2)cc1. The van der Waals surface area contributed by atoms with Crippen LogP contribution >= 0.6 is 0 Å². The molecule has 2 amide bonds. The first-order chi connectivity index (χ1) is 13.5. The van der Waals surface area contributed by atoms with Crippen LogP contribution in [0.3, 0.4) is 0 Å². The number of hydrogen-bond acceptors (Lipinski definition) is 3. The quantitative estimate of drug-likeness (QED) is 0.663. The van der Waals surface area contributed by atoms with Gasteiger partial charge in [-0.15, -0.1) is 0 Å². The molecule has 1 heterocycles. The van der Waals surface area contributed by atoms with Crippen LogP contribution in [0.2, 0.25) is 0 Å². The molecule has 3 rings (SSSR count). The molecule has 0 aliphatic carbocycles. The third-order valence-corrected chi connectivity index (χ3v) is 4.11. The van der Waals surface area contributed by atoms with Crippen molar-refractivity contribution in [3.63, 3.8) is 0 Å². The maximum absolute atomic E-state index is 12.8. The fourth-order valence-electron chi connectivity index (χ4n) is 2.52. The molecule has 5 nitrogen and oxygen atoms in total. The van der Waals surface area contributed by atoms with Crippen LogP contribution in [-0.4, -0.2) is 16.8 Å². The molecule has 0 unspecified atom stereocenters. The second kappa shape index (κ2) is 8.77. The number of carbonyl (C=O) groups is 2. The summed E-state index contributed by atoms with van der Waals surface area (Å²) in [6.45, 7) is 3.92. The van der Waals surface area contributed by atoms with Gasteiger partial charge in [0.15, 0.2) is 0 Å². The molecule has 0 radical (unpaired) electrons. The molecule has 5 heteroatoms. The van der Waals surface area contributed by atoms with Crippen LogP contribution in [0.5, 0.6) is 0 Å². The Labute approximate surface area is 164 Å². The number of aromatic nitrogens is 1. The van der Waals surface area contributed by atoms with E-state index in [9.17, 15) is 9.59 Å². The van der Waals surface area contributed by atoms with Crippen molar-refractivity contribution in [2.45, 2.75) is 13.8 Å². The van der Waals surface area contributed by atoms with Gasteiger partial charge >= 0.3 is 0 Å². The highest BCUT2D eigenvalue weighted by Gasteiger charge is 2.15. The van der Waals surface area contributed by atoms with Gasteiger partial charge in [0.25, 0.3) is 11.8 Å². The van der Waals surface area contributed by atoms with Crippen LogP contribution in [0, 0.1) is 13.8 Å². The number of benzene rings is 2. The van der Waals surface area contributed by atoms with Crippen molar-refractivity contribution >= 4 is 23.6 Å². The third-order valence-electron chi connectivity index (χ3n) is 4.11. The normalized spacial score (nSPS) is 11.0. The van der Waals surface area contributed by atoms with Gasteiger partial charge in [0.2, 0.25) is 0 Å². The molecule has 2 N–H and O–H groups in total. The average molecular weight is 371 g/mol. The first-order valence-electron chi connectivity index (χ1n) is 8.89. The van der Waals surface area contributed by atoms with Gasteiger partial charge in [0.05, 0.1) is 0 Å². The second-order valence-corrected chi connectivity index (χ2v) is 6.48. The molecule has 3 aromatic rings. The van der Waals surface area contributed by atoms with Crippen LogP contribution in [0.1, 0.15) is 27.0 Å². The van der Waals surface area contributed by atoms with Crippen LogP contribution in [0.15, 0.2) is 78.8 Å². The maximum Gasteiger partial charge on any atom is 0.272 e. The summed E-state index contributed by atoms with van der Waals surface area (Å²) in [6.07, 6.45) is 4.87. The van der Waals surface area contributed by atoms with E-state index in [0.717, 1.165) is 11.1 Å². The first kappa shape index (κ1) is 19.0. The highest BCUT2D eigenvalue weighted by molar-refractivity contribution is 6.10. The first-order valence-corrected chi connectivity index (χ1v) is 8.89. The predicted molar refractivity (Wildman–Crippen MR) is 111 cm³/mol. The number of aryl methyl sites for hydroxylation is 2. The lowest BCUT2D eigenvalue weighted by Gasteiger charge is -2.11. The summed E-state index contributed by atoms with van der Waals surface area (Å²) >= 11 is 0. The van der Waals surface area contributed by atoms with Crippen LogP contribution in [0.4, 0.5) is 5.69 Å². The van der Waals surface area contributed by atoms with E-state index in [-0.39, 0.29) is 11.6 Å². The number of hydrogen-bond donors (Lipinski definition) is 2. The van der Waals surface area contributed by atoms with E-state index in [2.05, 4.69) is 15.6 Å². The Morgan fingerprint density at radius 3 is 2.14 bits per heavy atom. The zero-order valence-corrected chi connectivity index (χ0v) is 15.8. The molecule has 0 aliphatic rings. The molecule has 0 saturated carbocycles. The molecule has 0 spiro atoms. The number of nitrogens with zero attached hydrogens (tertiary/aromatic N) is 1. The Kier molecular flexibility index (Phi) is 5.97. The zero-order valence-electron chi connectivity index (χ0n) is 15.8. The van der Waals surface area contributed by atoms with Gasteiger partial charge in [-0.25, -0.2) is 0 Å². The van der Waals surface area contributed by atoms with Gasteiger partial charge in [-0.2, -0.15) is 0 Å². The third kappa shape index (κ3) is 5.14. The molecule has 2 aromatic carbocycles. The minimum Gasteiger partial charge on any atom is -0.321 e. The number of anilines is 1. The minimum absolute atomic E-state index is 0.138. The lowest BCUT2D eigenvalue weighted by Crippen LogP contribution is -2.30. The van der Waals surface area contributed by atoms with Crippen molar-refractivity contribution in [3.05, 3.63) is 101 Å². The molecular formula is C23H21N3O2. The standard InChI is InChI=1S/C23H21N3O2/c1-16-5-9-19(10-6-16)22(27)26-21(14-18-4-3-13-24-15-18)23(28)25-20-11-7-17(2)8-12-20/h3-15H,1-2H3,(H,25,28)(H,26,27). The summed E-state index contributed by atoms with van der Waals surface area (Å²) < 4.78 is 0. The number of amides is 2. The van der Waals surface area contributed by atoms with Crippen molar-refractivity contribution in [2.24, 2.45) is 0 Å². The fraction of sp³-hybridized carbons (Fsp3) is 0.0870. The predicted octanol–water partition coefficient (Wildman–Crippen LogP) is 4.11. The molecule has 0 aliphatic heterocycles. The van der Waals surface area contributed by atoms with Gasteiger partial charge < -0.3 is 10.6 Å². The summed E-state index contributed by atoms with van der Waals surface area (Å²) in [7, 11) is 0. The van der Waals surface area contributed by atoms with Crippen molar-refractivity contribution in [1.29, 1.82) is 0 Å². The molecular weight excluding hydrogens is 350 g/mol. The van der Waals surface area contributed by atoms with Crippen LogP contribution in [-0.2, 0) is 4.79 Å². The van der Waals surface area contributed by atoms with E-state index < -0.39 is 5.91 Å². The Morgan fingerprint density at radius 1 is 0.893 bits per heavy atom. The molecule has 1 aromatic heterocycles. The van der Waals surface area contributed by atoms with Crippen molar-refractivity contribution in [1.82, 2.24) is 10.3 Å². The second-order valence-electron chi connectivity index (χ2n) is 6.48. The number of carbonyl (C=O) groups excluding carboxylic acids is 2. The van der Waals surface area contributed by atoms with E-state index in [1.54, 1.807) is 36.7 Å². The number of rotatable bonds is 5. The van der Waals surface area contributed by atoms with Gasteiger partial charge in [0.1, 0.15) is 5.70 Å². The fourth-order valence-corrected chi connectivity index (χ4v) is 2.52. The highest BCUT2D eigenvalue weighted by Crippen LogP contribution is 2.12. The van der Waals surface area contributed by atoms with E-state index in [4.69, 9.17) is 0 Å². The molecule has 0 bridgehead atoms. The van der Waals surface area contributed by atoms with Crippen LogP contribution in [0.25, 0.3) is 6.08 Å². The number of nitrogens with one attached hydrogen (secondary N) is 2. The van der Waals surface area contributed by atoms with E-state index in [1.807, 2.05) is 56.3 Å². The molecule has 0 fully saturated rings. The maximum atomic E-state index is 12.8. The zero-order chi connectivity index (χ0) is 19.9. The van der Waals surface area contributed by atoms with Gasteiger partial charge in [-0.05, 0) is 55.8 Å². The topological polar surface area (TPSA) is 71.1 Å². The van der Waals surface area contributed by atoms with Gasteiger partial charge in [-0.3, -0.25) is 14.6 Å². The Bertz CT molecular complexity index is 992. The smallest absolute Gasteiger partial charge is 0.272 e. The summed E-state index contributed by atoms with van der Waals surface area (Å²) in [5.41, 5.74) is 4.12. The van der Waals surface area contributed by atoms with Gasteiger partial charge in [0, 0.05) is 23.6 Å². The molecule has 0 atom stereocenters. The lowest BCUT2D eigenvalue weighted by atomic mass is 10.1. The van der Waals surface area contributed by atoms with Crippen LogP contribution < -0.4 is 10.6 Å². The molecule has 140 valence electrons. The Hall–Kier alpha value is -3.73. The summed E-state index contributed by atoms with van der Waals surface area (Å²) in [6, 6.07) is 18.2. The summed E-state index contributed by atoms with van der Waals surface area (Å²) in [5, 5.41) is 5.53. The lowest BCUT2D eigenvalue weighted by molar-refractivity contribution is -0.113. The van der Waals surface area contributed by atoms with Crippen molar-refractivity contribution in [3.8, 4) is 0 Å². The van der Waals surface area contributed by atoms with E-state index in [0.29, 0.717) is 16.8 Å². The van der Waals surface area contributed by atoms with E-state index >= 15 is 0 Å². The van der Waals surface area contributed by atoms with Crippen molar-refractivity contribution in [2.75, 3.05) is 5.32 Å². The molecule has 0 saturated heterocycles. The largest absolute Gasteiger partial charge is 0.321 e. The molecule has 28 heavy (non-hydrogen) atoms. The number of pyridine rings is 1. The Balaban J connectivity index is 1.85. The Morgan fingerprint density at radius 2 is 1.54 bits per heavy atom. The monoisotopic (exact) mass is 371 g/mol. The van der Waals surface area contributed by atoms with Gasteiger partial charge in [-0.1, -0.05) is 41.5 Å². The summed E-state index contributed by atoms with van der Waals surface area (Å²) in [5.74, 6) is -0.762.